The first-order valence-corrected chi connectivity index (χ1v) is 15.1. The molecule has 2 heterocycles. The van der Waals surface area contributed by atoms with Crippen molar-refractivity contribution in [2.45, 2.75) is 146 Å². The quantitative estimate of drug-likeness (QED) is 0.351. The van der Waals surface area contributed by atoms with Crippen LogP contribution in [0.25, 0.3) is 0 Å². The molecule has 2 aliphatic heterocycles. The zero-order chi connectivity index (χ0) is 22.5. The van der Waals surface area contributed by atoms with E-state index in [4.69, 9.17) is 0 Å². The number of hydrogen-bond acceptors (Lipinski definition) is 1. The number of nitrogens with zero attached hydrogens (tertiary/aromatic N) is 1. The number of allylic oxidation sites excluding steroid dienone is 4. The van der Waals surface area contributed by atoms with Crippen LogP contribution >= 0.6 is 0 Å². The molecule has 0 aromatic rings. The number of fused-ring (bicyclic) bond motifs is 2. The summed E-state index contributed by atoms with van der Waals surface area (Å²) in [5, 5.41) is 0. The monoisotopic (exact) mass is 447 g/mol. The topological polar surface area (TPSA) is 20.3 Å². The van der Waals surface area contributed by atoms with Gasteiger partial charge in [-0.15, -0.1) is 0 Å². The highest BCUT2D eigenvalue weighted by molar-refractivity contribution is 6.55. The van der Waals surface area contributed by atoms with Crippen LogP contribution in [0, 0.1) is 5.92 Å². The molecular weight excluding hydrogens is 400 g/mol. The van der Waals surface area contributed by atoms with Gasteiger partial charge in [0.25, 0.3) is 0 Å². The molecule has 180 valence electrons. The van der Waals surface area contributed by atoms with Crippen molar-refractivity contribution in [3.05, 3.63) is 22.3 Å². The Morgan fingerprint density at radius 2 is 1.18 bits per heavy atom. The maximum atomic E-state index is 14.6. The van der Waals surface area contributed by atoms with E-state index in [-0.39, 0.29) is 5.92 Å². The van der Waals surface area contributed by atoms with Gasteiger partial charge in [-0.25, -0.2) is 0 Å². The van der Waals surface area contributed by atoms with Crippen LogP contribution in [-0.4, -0.2) is 25.4 Å². The molecule has 0 bridgehead atoms. The van der Waals surface area contributed by atoms with E-state index in [1.165, 1.54) is 142 Å². The molecule has 3 aliphatic carbocycles. The van der Waals surface area contributed by atoms with E-state index in [1.807, 2.05) is 0 Å². The lowest BCUT2D eigenvalue weighted by Crippen LogP contribution is -2.39. The first kappa shape index (κ1) is 23.8. The van der Waals surface area contributed by atoms with Crippen LogP contribution in [0.15, 0.2) is 22.3 Å². The van der Waals surface area contributed by atoms with E-state index in [1.54, 1.807) is 16.6 Å². The molecule has 2 nitrogen and oxygen atoms in total. The van der Waals surface area contributed by atoms with E-state index in [9.17, 15) is 4.79 Å². The van der Waals surface area contributed by atoms with E-state index >= 15 is 0 Å². The third-order valence-corrected chi connectivity index (χ3v) is 9.80. The van der Waals surface area contributed by atoms with Crippen molar-refractivity contribution in [1.82, 2.24) is 4.90 Å². The molecule has 1 saturated heterocycles. The summed E-state index contributed by atoms with van der Waals surface area (Å²) in [6.45, 7) is 0. The molecule has 1 saturated carbocycles. The fourth-order valence-corrected chi connectivity index (χ4v) is 8.04. The van der Waals surface area contributed by atoms with Gasteiger partial charge in [0.2, 0.25) is 5.91 Å². The molecule has 5 aliphatic rings. The molecule has 0 aromatic carbocycles. The van der Waals surface area contributed by atoms with Crippen LogP contribution in [0.2, 0.25) is 11.6 Å². The summed E-state index contributed by atoms with van der Waals surface area (Å²) in [5.74, 6) is 2.09. The minimum atomic E-state index is 0.284. The predicted octanol–water partition coefficient (Wildman–Crippen LogP) is 7.56. The lowest BCUT2D eigenvalue weighted by molar-refractivity contribution is -0.132. The summed E-state index contributed by atoms with van der Waals surface area (Å²) in [6.07, 6.45) is 27.8. The van der Waals surface area contributed by atoms with Crippen LogP contribution in [0.5, 0.6) is 0 Å². The first-order chi connectivity index (χ1) is 16.3. The van der Waals surface area contributed by atoms with Gasteiger partial charge in [-0.05, 0) is 37.9 Å². The van der Waals surface area contributed by atoms with Crippen LogP contribution in [0.1, 0.15) is 135 Å². The van der Waals surface area contributed by atoms with Gasteiger partial charge in [0.05, 0.1) is 0 Å². The van der Waals surface area contributed by atoms with Gasteiger partial charge in [0.15, 0.2) is 7.28 Å². The molecule has 0 radical (unpaired) electrons. The van der Waals surface area contributed by atoms with Crippen molar-refractivity contribution >= 4 is 20.5 Å². The van der Waals surface area contributed by atoms with Crippen molar-refractivity contribution in [2.24, 2.45) is 5.92 Å². The lowest BCUT2D eigenvalue weighted by atomic mass is 9.46. The van der Waals surface area contributed by atoms with Crippen LogP contribution in [0.3, 0.4) is 0 Å². The second-order valence-electron chi connectivity index (χ2n) is 12.1. The Morgan fingerprint density at radius 1 is 0.606 bits per heavy atom. The Kier molecular flexibility index (Phi) is 8.42. The molecule has 3 atom stereocenters. The molecule has 33 heavy (non-hydrogen) atoms. The highest BCUT2D eigenvalue weighted by Gasteiger charge is 2.44. The normalized spacial score (nSPS) is 32.7. The minimum absolute atomic E-state index is 0.284. The van der Waals surface area contributed by atoms with E-state index in [2.05, 4.69) is 4.90 Å². The van der Waals surface area contributed by atoms with Gasteiger partial charge < -0.3 is 0 Å². The number of carbonyl (C=O) groups excluding carboxylic acids is 1. The second-order valence-corrected chi connectivity index (χ2v) is 12.1. The first-order valence-electron chi connectivity index (χ1n) is 15.1. The number of carbonyl (C=O) groups is 1. The van der Waals surface area contributed by atoms with Gasteiger partial charge in [-0.2, -0.15) is 0 Å². The van der Waals surface area contributed by atoms with Gasteiger partial charge in [-0.1, -0.05) is 119 Å². The Bertz CT molecular complexity index is 757. The summed E-state index contributed by atoms with van der Waals surface area (Å²) >= 11 is 0. The predicted molar refractivity (Wildman–Crippen MR) is 143 cm³/mol. The Labute approximate surface area is 204 Å². The molecule has 1 amide bonds. The van der Waals surface area contributed by atoms with Crippen molar-refractivity contribution in [3.63, 3.8) is 0 Å². The third-order valence-electron chi connectivity index (χ3n) is 9.80. The fourth-order valence-electron chi connectivity index (χ4n) is 8.04. The molecule has 0 N–H and O–H groups in total. The molecule has 4 heteroatoms. The van der Waals surface area contributed by atoms with E-state index < -0.39 is 0 Å². The molecule has 2 fully saturated rings. The highest BCUT2D eigenvalue weighted by atomic mass is 16.2. The summed E-state index contributed by atoms with van der Waals surface area (Å²) in [6, 6.07) is 0. The SMILES string of the molecule is O=C1C2CCCCCCCCC2BC2CCCCCCC3=C2N1C1=C(B3)CCCCCCC1. The number of amides is 1. The fraction of sp³-hybridized carbons (Fsp3) is 0.828. The zero-order valence-corrected chi connectivity index (χ0v) is 21.4. The minimum Gasteiger partial charge on any atom is -0.291 e. The van der Waals surface area contributed by atoms with Gasteiger partial charge in [0, 0.05) is 17.3 Å². The van der Waals surface area contributed by atoms with Crippen LogP contribution < -0.4 is 0 Å². The largest absolute Gasteiger partial charge is 0.291 e. The highest BCUT2D eigenvalue weighted by Crippen LogP contribution is 2.49. The van der Waals surface area contributed by atoms with Gasteiger partial charge in [0.1, 0.15) is 7.28 Å². The summed E-state index contributed by atoms with van der Waals surface area (Å²) in [5.41, 5.74) is 6.42. The van der Waals surface area contributed by atoms with Crippen molar-refractivity contribution in [3.8, 4) is 0 Å². The molecule has 3 unspecified atom stereocenters. The smallest absolute Gasteiger partial charge is 0.233 e. The van der Waals surface area contributed by atoms with E-state index in [0.29, 0.717) is 17.5 Å². The average Bonchev–Trinajstić information content (AvgIpc) is 2.93. The van der Waals surface area contributed by atoms with Crippen molar-refractivity contribution < 1.29 is 4.79 Å². The van der Waals surface area contributed by atoms with Gasteiger partial charge in [-0.3, -0.25) is 9.69 Å². The standard InChI is InChI=1S/C29H47B2NO/c33-29-22-16-10-4-1-2-5-11-17-23(22)30-25-19-13-8-9-14-20-26-28(25)32(29)27-21-15-7-3-6-12-18-24(27)31-26/h22-23,25,30-31H,1-21H2. The summed E-state index contributed by atoms with van der Waals surface area (Å²) < 4.78 is 0. The number of rotatable bonds is 0. The third kappa shape index (κ3) is 5.51. The lowest BCUT2D eigenvalue weighted by Gasteiger charge is -2.39. The Balaban J connectivity index is 1.56. The molecule has 0 spiro atoms. The summed E-state index contributed by atoms with van der Waals surface area (Å²) in [4.78, 5) is 17.1. The maximum Gasteiger partial charge on any atom is 0.233 e. The Morgan fingerprint density at radius 3 is 1.94 bits per heavy atom. The average molecular weight is 447 g/mol. The summed E-state index contributed by atoms with van der Waals surface area (Å²) in [7, 11) is 2.51. The van der Waals surface area contributed by atoms with Crippen LogP contribution in [-0.2, 0) is 4.79 Å². The molecular formula is C29H47B2NO. The van der Waals surface area contributed by atoms with Crippen LogP contribution in [0.4, 0.5) is 0 Å². The zero-order valence-electron chi connectivity index (χ0n) is 21.4. The van der Waals surface area contributed by atoms with Crippen molar-refractivity contribution in [2.75, 3.05) is 0 Å². The second kappa shape index (κ2) is 11.7. The molecule has 5 rings (SSSR count). The molecule has 0 aromatic heterocycles. The van der Waals surface area contributed by atoms with E-state index in [0.717, 1.165) is 12.8 Å². The van der Waals surface area contributed by atoms with Gasteiger partial charge >= 0.3 is 0 Å². The van der Waals surface area contributed by atoms with Crippen molar-refractivity contribution in [1.29, 1.82) is 0 Å². The Hall–Kier alpha value is -0.920. The maximum absolute atomic E-state index is 14.6. The number of hydrogen-bond donors (Lipinski definition) is 0.